The molecule has 0 fully saturated rings. The number of carbonyl (C=O) groups is 1. The molecule has 0 aliphatic heterocycles. The third-order valence-electron chi connectivity index (χ3n) is 3.86. The molecule has 124 valence electrons. The van der Waals surface area contributed by atoms with Gasteiger partial charge in [-0.1, -0.05) is 24.2 Å². The minimum absolute atomic E-state index is 0.251. The molecule has 3 rings (SSSR count). The topological polar surface area (TPSA) is 80.0 Å². The van der Waals surface area contributed by atoms with Gasteiger partial charge in [0.25, 0.3) is 0 Å². The number of anilines is 1. The van der Waals surface area contributed by atoms with Gasteiger partial charge in [0.15, 0.2) is 5.76 Å². The number of aryl methyl sites for hydroxylation is 2. The second-order valence-electron chi connectivity index (χ2n) is 5.58. The molecule has 0 radical (unpaired) electrons. The van der Waals surface area contributed by atoms with Crippen molar-refractivity contribution in [3.63, 3.8) is 0 Å². The number of nitrogens with zero attached hydrogens (tertiary/aromatic N) is 2. The predicted molar refractivity (Wildman–Crippen MR) is 93.1 cm³/mol. The highest BCUT2D eigenvalue weighted by atomic mass is 16.5. The number of carbonyl (C=O) groups excluding carboxylic acids is 1. The zero-order chi connectivity index (χ0) is 16.9. The lowest BCUT2D eigenvalue weighted by atomic mass is 10.1. The maximum absolute atomic E-state index is 12.0. The molecule has 6 nitrogen and oxygen atoms in total. The van der Waals surface area contributed by atoms with Gasteiger partial charge >= 0.3 is 6.03 Å². The van der Waals surface area contributed by atoms with Crippen molar-refractivity contribution in [2.75, 3.05) is 11.9 Å². The molecule has 0 atom stereocenters. The van der Waals surface area contributed by atoms with Crippen LogP contribution in [0.2, 0.25) is 0 Å². The average molecular weight is 324 g/mol. The molecule has 0 unspecified atom stereocenters. The lowest BCUT2D eigenvalue weighted by molar-refractivity contribution is 0.252. The summed E-state index contributed by atoms with van der Waals surface area (Å²) in [6.45, 7) is 4.31. The van der Waals surface area contributed by atoms with Gasteiger partial charge in [-0.15, -0.1) is 0 Å². The van der Waals surface area contributed by atoms with Crippen molar-refractivity contribution in [3.05, 3.63) is 53.5 Å². The number of pyridine rings is 1. The number of fused-ring (bicyclic) bond motifs is 1. The van der Waals surface area contributed by atoms with E-state index in [2.05, 4.69) is 26.8 Å². The molecule has 0 bridgehead atoms. The van der Waals surface area contributed by atoms with Gasteiger partial charge < -0.3 is 15.2 Å². The number of urea groups is 1. The van der Waals surface area contributed by atoms with Crippen LogP contribution >= 0.6 is 0 Å². The van der Waals surface area contributed by atoms with Crippen molar-refractivity contribution in [3.8, 4) is 0 Å². The van der Waals surface area contributed by atoms with E-state index in [1.165, 1.54) is 0 Å². The van der Waals surface area contributed by atoms with E-state index in [0.717, 1.165) is 22.9 Å². The van der Waals surface area contributed by atoms with Crippen LogP contribution in [0.3, 0.4) is 0 Å². The van der Waals surface area contributed by atoms with E-state index in [1.807, 2.05) is 31.2 Å². The maximum atomic E-state index is 12.0. The van der Waals surface area contributed by atoms with Crippen LogP contribution in [0, 0.1) is 6.92 Å². The Labute approximate surface area is 140 Å². The molecular formula is C18H20N4O2. The standard InChI is InChI=1S/C18H20N4O2/c1-3-16-17(12(2)22-24-16)21-18(23)20-10-8-13-6-7-15-14(11-13)5-4-9-19-15/h4-7,9,11H,3,8,10H2,1-2H3,(H2,20,21,23). The Balaban J connectivity index is 1.55. The molecule has 2 heterocycles. The molecule has 0 aliphatic carbocycles. The molecule has 0 aliphatic rings. The minimum atomic E-state index is -0.251. The summed E-state index contributed by atoms with van der Waals surface area (Å²) in [5.74, 6) is 0.685. The number of benzene rings is 1. The molecule has 6 heteroatoms. The lowest BCUT2D eigenvalue weighted by Gasteiger charge is -2.08. The quantitative estimate of drug-likeness (QED) is 0.753. The zero-order valence-electron chi connectivity index (χ0n) is 13.8. The van der Waals surface area contributed by atoms with Gasteiger partial charge in [0.05, 0.1) is 5.52 Å². The predicted octanol–water partition coefficient (Wildman–Crippen LogP) is 3.46. The van der Waals surface area contributed by atoms with Crippen LogP contribution in [-0.2, 0) is 12.8 Å². The van der Waals surface area contributed by atoms with E-state index < -0.39 is 0 Å². The average Bonchev–Trinajstić information content (AvgIpc) is 2.95. The normalized spacial score (nSPS) is 10.8. The molecule has 3 aromatic rings. The third-order valence-corrected chi connectivity index (χ3v) is 3.86. The summed E-state index contributed by atoms with van der Waals surface area (Å²) in [6, 6.07) is 9.84. The van der Waals surface area contributed by atoms with Crippen molar-refractivity contribution in [2.24, 2.45) is 0 Å². The maximum Gasteiger partial charge on any atom is 0.319 e. The number of nitrogens with one attached hydrogen (secondary N) is 2. The van der Waals surface area contributed by atoms with Gasteiger partial charge in [-0.3, -0.25) is 4.98 Å². The Morgan fingerprint density at radius 1 is 1.29 bits per heavy atom. The minimum Gasteiger partial charge on any atom is -0.359 e. The molecule has 2 N–H and O–H groups in total. The van der Waals surface area contributed by atoms with Crippen molar-refractivity contribution < 1.29 is 9.32 Å². The second-order valence-corrected chi connectivity index (χ2v) is 5.58. The summed E-state index contributed by atoms with van der Waals surface area (Å²) in [6.07, 6.45) is 3.22. The molecule has 0 spiro atoms. The summed E-state index contributed by atoms with van der Waals surface area (Å²) in [4.78, 5) is 16.3. The summed E-state index contributed by atoms with van der Waals surface area (Å²) >= 11 is 0. The first-order valence-corrected chi connectivity index (χ1v) is 8.01. The largest absolute Gasteiger partial charge is 0.359 e. The van der Waals surface area contributed by atoms with E-state index in [0.29, 0.717) is 30.1 Å². The summed E-state index contributed by atoms with van der Waals surface area (Å²) in [5.41, 5.74) is 3.48. The van der Waals surface area contributed by atoms with E-state index in [-0.39, 0.29) is 6.03 Å². The SMILES string of the molecule is CCc1onc(C)c1NC(=O)NCCc1ccc2ncccc2c1. The molecular weight excluding hydrogens is 304 g/mol. The molecule has 2 aromatic heterocycles. The van der Waals surface area contributed by atoms with Crippen LogP contribution in [-0.4, -0.2) is 22.7 Å². The Morgan fingerprint density at radius 3 is 3.00 bits per heavy atom. The molecule has 0 saturated heterocycles. The van der Waals surface area contributed by atoms with E-state index in [4.69, 9.17) is 4.52 Å². The number of hydrogen-bond acceptors (Lipinski definition) is 4. The van der Waals surface area contributed by atoms with Gasteiger partial charge in [-0.25, -0.2) is 4.79 Å². The van der Waals surface area contributed by atoms with Crippen molar-refractivity contribution in [1.82, 2.24) is 15.5 Å². The first-order valence-electron chi connectivity index (χ1n) is 8.01. The van der Waals surface area contributed by atoms with Gasteiger partial charge in [0.1, 0.15) is 11.4 Å². The van der Waals surface area contributed by atoms with Crippen LogP contribution in [0.25, 0.3) is 10.9 Å². The fourth-order valence-electron chi connectivity index (χ4n) is 2.58. The fourth-order valence-corrected chi connectivity index (χ4v) is 2.58. The highest BCUT2D eigenvalue weighted by Gasteiger charge is 2.13. The number of aromatic nitrogens is 2. The number of rotatable bonds is 5. The smallest absolute Gasteiger partial charge is 0.319 e. The van der Waals surface area contributed by atoms with Crippen molar-refractivity contribution in [2.45, 2.75) is 26.7 Å². The summed E-state index contributed by atoms with van der Waals surface area (Å²) in [5, 5.41) is 10.6. The second kappa shape index (κ2) is 7.12. The molecule has 1 aromatic carbocycles. The first-order chi connectivity index (χ1) is 11.7. The van der Waals surface area contributed by atoms with Crippen molar-refractivity contribution in [1.29, 1.82) is 0 Å². The fraction of sp³-hybridized carbons (Fsp3) is 0.278. The highest BCUT2D eigenvalue weighted by Crippen LogP contribution is 2.20. The van der Waals surface area contributed by atoms with E-state index in [1.54, 1.807) is 13.1 Å². The Bertz CT molecular complexity index is 857. The van der Waals surface area contributed by atoms with E-state index in [9.17, 15) is 4.79 Å². The Hall–Kier alpha value is -2.89. The van der Waals surface area contributed by atoms with Crippen molar-refractivity contribution >= 4 is 22.6 Å². The Kier molecular flexibility index (Phi) is 4.74. The summed E-state index contributed by atoms with van der Waals surface area (Å²) in [7, 11) is 0. The first kappa shape index (κ1) is 16.0. The van der Waals surface area contributed by atoms with Crippen LogP contribution in [0.4, 0.5) is 10.5 Å². The van der Waals surface area contributed by atoms with Crippen LogP contribution in [0.1, 0.15) is 23.9 Å². The Morgan fingerprint density at radius 2 is 2.17 bits per heavy atom. The van der Waals surface area contributed by atoms with Crippen LogP contribution in [0.5, 0.6) is 0 Å². The summed E-state index contributed by atoms with van der Waals surface area (Å²) < 4.78 is 5.16. The molecule has 24 heavy (non-hydrogen) atoms. The van der Waals surface area contributed by atoms with E-state index >= 15 is 0 Å². The van der Waals surface area contributed by atoms with Gasteiger partial charge in [-0.2, -0.15) is 0 Å². The van der Waals surface area contributed by atoms with Gasteiger partial charge in [0, 0.05) is 24.5 Å². The monoisotopic (exact) mass is 324 g/mol. The van der Waals surface area contributed by atoms with Gasteiger partial charge in [-0.05, 0) is 37.1 Å². The number of amides is 2. The molecule has 2 amide bonds. The zero-order valence-corrected chi connectivity index (χ0v) is 13.8. The highest BCUT2D eigenvalue weighted by molar-refractivity contribution is 5.90. The third kappa shape index (κ3) is 3.53. The van der Waals surface area contributed by atoms with Crippen LogP contribution < -0.4 is 10.6 Å². The lowest BCUT2D eigenvalue weighted by Crippen LogP contribution is -2.30. The molecule has 0 saturated carbocycles. The van der Waals surface area contributed by atoms with Gasteiger partial charge in [0.2, 0.25) is 0 Å². The van der Waals surface area contributed by atoms with Crippen LogP contribution in [0.15, 0.2) is 41.1 Å². The number of hydrogen-bond donors (Lipinski definition) is 2.